The molecule has 2 aromatic carbocycles. The van der Waals surface area contributed by atoms with E-state index >= 15 is 0 Å². The zero-order valence-corrected chi connectivity index (χ0v) is 16.4. The molecule has 0 saturated heterocycles. The number of benzene rings is 2. The van der Waals surface area contributed by atoms with Crippen molar-refractivity contribution < 1.29 is 23.5 Å². The lowest BCUT2D eigenvalue weighted by atomic mass is 9.86. The zero-order valence-electron chi connectivity index (χ0n) is 16.4. The molecule has 0 fully saturated rings. The molecule has 28 heavy (non-hydrogen) atoms. The molecule has 0 unspecified atom stereocenters. The maximum atomic E-state index is 13.5. The predicted molar refractivity (Wildman–Crippen MR) is 104 cm³/mol. The number of hydrogen-bond acceptors (Lipinski definition) is 4. The first kappa shape index (κ1) is 21.3. The van der Waals surface area contributed by atoms with E-state index in [-0.39, 0.29) is 16.8 Å². The summed E-state index contributed by atoms with van der Waals surface area (Å²) in [5.41, 5.74) is 1.32. The van der Waals surface area contributed by atoms with E-state index in [1.807, 2.05) is 12.1 Å². The summed E-state index contributed by atoms with van der Waals surface area (Å²) < 4.78 is 18.6. The number of rotatable bonds is 6. The first-order valence-corrected chi connectivity index (χ1v) is 8.96. The van der Waals surface area contributed by atoms with Crippen LogP contribution >= 0.6 is 0 Å². The molecule has 2 aromatic rings. The monoisotopic (exact) mass is 385 g/mol. The molecule has 0 radical (unpaired) electrons. The average Bonchev–Trinajstić information content (AvgIpc) is 2.65. The lowest BCUT2D eigenvalue weighted by molar-refractivity contribution is -0.145. The van der Waals surface area contributed by atoms with Crippen molar-refractivity contribution in [2.45, 2.75) is 39.2 Å². The van der Waals surface area contributed by atoms with Crippen molar-refractivity contribution in [3.8, 4) is 0 Å². The topological polar surface area (TPSA) is 72.5 Å². The first-order chi connectivity index (χ1) is 13.1. The standard InChI is InChI=1S/C22H24FNO4/c1-14(20(26)15-9-11-16(12-10-15)22(2,3)4)28-19(25)13-24-21(27)17-7-5-6-8-18(17)23/h5-12,14H,13H2,1-4H3,(H,24,27)/t14-/m1/s1. The van der Waals surface area contributed by atoms with E-state index in [4.69, 9.17) is 4.74 Å². The van der Waals surface area contributed by atoms with Crippen LogP contribution in [0.15, 0.2) is 48.5 Å². The smallest absolute Gasteiger partial charge is 0.326 e. The molecule has 0 heterocycles. The van der Waals surface area contributed by atoms with Gasteiger partial charge in [-0.25, -0.2) is 4.39 Å². The van der Waals surface area contributed by atoms with Gasteiger partial charge in [0.05, 0.1) is 5.56 Å². The Morgan fingerprint density at radius 1 is 1.04 bits per heavy atom. The molecule has 1 atom stereocenters. The molecular formula is C22H24FNO4. The van der Waals surface area contributed by atoms with Crippen LogP contribution in [-0.4, -0.2) is 30.3 Å². The van der Waals surface area contributed by atoms with Crippen molar-refractivity contribution in [3.63, 3.8) is 0 Å². The van der Waals surface area contributed by atoms with Crippen molar-refractivity contribution in [2.75, 3.05) is 6.54 Å². The Hall–Kier alpha value is -3.02. The van der Waals surface area contributed by atoms with Crippen LogP contribution in [0.1, 0.15) is 54.0 Å². The molecule has 6 heteroatoms. The van der Waals surface area contributed by atoms with Gasteiger partial charge in [0.15, 0.2) is 6.10 Å². The molecule has 1 N–H and O–H groups in total. The SMILES string of the molecule is C[C@@H](OC(=O)CNC(=O)c1ccccc1F)C(=O)c1ccc(C(C)(C)C)cc1. The van der Waals surface area contributed by atoms with Gasteiger partial charge in [0.2, 0.25) is 5.78 Å². The molecular weight excluding hydrogens is 361 g/mol. The maximum absolute atomic E-state index is 13.5. The van der Waals surface area contributed by atoms with E-state index in [0.717, 1.165) is 11.6 Å². The van der Waals surface area contributed by atoms with E-state index in [0.29, 0.717) is 5.56 Å². The third kappa shape index (κ3) is 5.49. The zero-order chi connectivity index (χ0) is 20.9. The quantitative estimate of drug-likeness (QED) is 0.608. The van der Waals surface area contributed by atoms with E-state index in [9.17, 15) is 18.8 Å². The normalized spacial score (nSPS) is 12.2. The molecule has 5 nitrogen and oxygen atoms in total. The van der Waals surface area contributed by atoms with E-state index < -0.39 is 30.3 Å². The summed E-state index contributed by atoms with van der Waals surface area (Å²) in [7, 11) is 0. The van der Waals surface area contributed by atoms with Crippen molar-refractivity contribution in [2.24, 2.45) is 0 Å². The first-order valence-electron chi connectivity index (χ1n) is 8.96. The Morgan fingerprint density at radius 3 is 2.21 bits per heavy atom. The van der Waals surface area contributed by atoms with Crippen molar-refractivity contribution in [1.29, 1.82) is 0 Å². The molecule has 1 amide bonds. The minimum atomic E-state index is -1.00. The van der Waals surface area contributed by atoms with Gasteiger partial charge in [-0.15, -0.1) is 0 Å². The van der Waals surface area contributed by atoms with Crippen molar-refractivity contribution >= 4 is 17.7 Å². The highest BCUT2D eigenvalue weighted by Crippen LogP contribution is 2.22. The van der Waals surface area contributed by atoms with Crippen molar-refractivity contribution in [1.82, 2.24) is 5.32 Å². The van der Waals surface area contributed by atoms with Crippen LogP contribution < -0.4 is 5.32 Å². The summed E-state index contributed by atoms with van der Waals surface area (Å²) in [6.45, 7) is 7.22. The van der Waals surface area contributed by atoms with Crippen LogP contribution in [0, 0.1) is 5.82 Å². The van der Waals surface area contributed by atoms with E-state index in [1.165, 1.54) is 25.1 Å². The molecule has 0 aliphatic rings. The molecule has 148 valence electrons. The van der Waals surface area contributed by atoms with Crippen LogP contribution in [0.5, 0.6) is 0 Å². The van der Waals surface area contributed by atoms with Gasteiger partial charge < -0.3 is 10.1 Å². The van der Waals surface area contributed by atoms with Gasteiger partial charge in [-0.05, 0) is 30.0 Å². The highest BCUT2D eigenvalue weighted by molar-refractivity contribution is 6.00. The number of hydrogen-bond donors (Lipinski definition) is 1. The second-order valence-electron chi connectivity index (χ2n) is 7.49. The highest BCUT2D eigenvalue weighted by atomic mass is 19.1. The van der Waals surface area contributed by atoms with Gasteiger partial charge in [0.25, 0.3) is 5.91 Å². The number of nitrogens with one attached hydrogen (secondary N) is 1. The number of esters is 1. The molecule has 0 aliphatic heterocycles. The molecule has 2 rings (SSSR count). The number of halogens is 1. The number of amides is 1. The van der Waals surface area contributed by atoms with Crippen LogP contribution in [0.25, 0.3) is 0 Å². The van der Waals surface area contributed by atoms with Crippen LogP contribution in [0.3, 0.4) is 0 Å². The summed E-state index contributed by atoms with van der Waals surface area (Å²) in [6, 6.07) is 12.6. The molecule has 0 saturated carbocycles. The van der Waals surface area contributed by atoms with Crippen molar-refractivity contribution in [3.05, 3.63) is 71.0 Å². The fraction of sp³-hybridized carbons (Fsp3) is 0.318. The third-order valence-electron chi connectivity index (χ3n) is 4.22. The summed E-state index contributed by atoms with van der Waals surface area (Å²) in [5, 5.41) is 2.28. The number of Topliss-reactive ketones (excluding diaryl/α,β-unsaturated/α-hetero) is 1. The summed E-state index contributed by atoms with van der Waals surface area (Å²) in [6.07, 6.45) is -1.00. The minimum Gasteiger partial charge on any atom is -0.453 e. The molecule has 0 aromatic heterocycles. The van der Waals surface area contributed by atoms with Gasteiger partial charge in [0, 0.05) is 5.56 Å². The Bertz CT molecular complexity index is 869. The fourth-order valence-electron chi connectivity index (χ4n) is 2.55. The summed E-state index contributed by atoms with van der Waals surface area (Å²) >= 11 is 0. The summed E-state index contributed by atoms with van der Waals surface area (Å²) in [4.78, 5) is 36.2. The van der Waals surface area contributed by atoms with Crippen LogP contribution in [-0.2, 0) is 14.9 Å². The van der Waals surface area contributed by atoms with Crippen LogP contribution in [0.2, 0.25) is 0 Å². The summed E-state index contributed by atoms with van der Waals surface area (Å²) in [5.74, 6) is -2.53. The molecule has 0 bridgehead atoms. The van der Waals surface area contributed by atoms with E-state index in [2.05, 4.69) is 26.1 Å². The number of carbonyl (C=O) groups excluding carboxylic acids is 3. The number of ketones is 1. The number of carbonyl (C=O) groups is 3. The van der Waals surface area contributed by atoms with Gasteiger partial charge in [0.1, 0.15) is 12.4 Å². The minimum absolute atomic E-state index is 0.0317. The lowest BCUT2D eigenvalue weighted by Crippen LogP contribution is -2.34. The average molecular weight is 385 g/mol. The van der Waals surface area contributed by atoms with E-state index in [1.54, 1.807) is 12.1 Å². The van der Waals surface area contributed by atoms with Gasteiger partial charge in [-0.2, -0.15) is 0 Å². The van der Waals surface area contributed by atoms with Crippen LogP contribution in [0.4, 0.5) is 4.39 Å². The molecule has 0 aliphatic carbocycles. The Balaban J connectivity index is 1.90. The molecule has 0 spiro atoms. The maximum Gasteiger partial charge on any atom is 0.326 e. The Morgan fingerprint density at radius 2 is 1.64 bits per heavy atom. The second-order valence-corrected chi connectivity index (χ2v) is 7.49. The predicted octanol–water partition coefficient (Wildman–Crippen LogP) is 3.67. The Kier molecular flexibility index (Phi) is 6.67. The van der Waals surface area contributed by atoms with Gasteiger partial charge >= 0.3 is 5.97 Å². The Labute approximate surface area is 163 Å². The fourth-order valence-corrected chi connectivity index (χ4v) is 2.55. The highest BCUT2D eigenvalue weighted by Gasteiger charge is 2.21. The number of ether oxygens (including phenoxy) is 1. The largest absolute Gasteiger partial charge is 0.453 e. The third-order valence-corrected chi connectivity index (χ3v) is 4.22. The lowest BCUT2D eigenvalue weighted by Gasteiger charge is -2.19. The van der Waals surface area contributed by atoms with Gasteiger partial charge in [-0.1, -0.05) is 57.2 Å². The van der Waals surface area contributed by atoms with Gasteiger partial charge in [-0.3, -0.25) is 14.4 Å². The second kappa shape index (κ2) is 8.78.